The first-order valence-corrected chi connectivity index (χ1v) is 7.81. The van der Waals surface area contributed by atoms with Crippen molar-refractivity contribution in [2.24, 2.45) is 23.7 Å². The third kappa shape index (κ3) is 2.60. The average Bonchev–Trinajstić information content (AvgIpc) is 3.03. The van der Waals surface area contributed by atoms with Crippen LogP contribution in [0.15, 0.2) is 34.8 Å². The Morgan fingerprint density at radius 2 is 1.90 bits per heavy atom. The molecule has 1 fully saturated rings. The van der Waals surface area contributed by atoms with Gasteiger partial charge in [0.15, 0.2) is 0 Å². The zero-order valence-electron chi connectivity index (χ0n) is 10.9. The maximum atomic E-state index is 12.5. The molecule has 0 aromatic heterocycles. The second-order valence-electron chi connectivity index (χ2n) is 5.46. The zero-order valence-corrected chi connectivity index (χ0v) is 13.3. The van der Waals surface area contributed by atoms with Gasteiger partial charge in [-0.3, -0.25) is 9.59 Å². The van der Waals surface area contributed by atoms with Crippen LogP contribution < -0.4 is 5.32 Å². The van der Waals surface area contributed by atoms with Crippen LogP contribution in [0.1, 0.15) is 6.42 Å². The van der Waals surface area contributed by atoms with Gasteiger partial charge in [-0.25, -0.2) is 0 Å². The van der Waals surface area contributed by atoms with Crippen LogP contribution in [0.25, 0.3) is 0 Å². The van der Waals surface area contributed by atoms with Crippen LogP contribution in [-0.4, -0.2) is 17.0 Å². The highest BCUT2D eigenvalue weighted by Crippen LogP contribution is 2.48. The quantitative estimate of drug-likeness (QED) is 0.800. The molecule has 6 heteroatoms. The van der Waals surface area contributed by atoms with E-state index in [-0.39, 0.29) is 17.7 Å². The monoisotopic (exact) mass is 369 g/mol. The molecule has 2 aliphatic carbocycles. The Kier molecular flexibility index (Phi) is 3.80. The smallest absolute Gasteiger partial charge is 0.307 e. The minimum atomic E-state index is -0.902. The zero-order chi connectivity index (χ0) is 15.1. The van der Waals surface area contributed by atoms with E-state index in [1.807, 2.05) is 12.2 Å². The van der Waals surface area contributed by atoms with Gasteiger partial charge in [0, 0.05) is 10.2 Å². The van der Waals surface area contributed by atoms with Gasteiger partial charge < -0.3 is 10.4 Å². The van der Waals surface area contributed by atoms with Gasteiger partial charge in [0.2, 0.25) is 5.91 Å². The Morgan fingerprint density at radius 3 is 2.52 bits per heavy atom. The summed E-state index contributed by atoms with van der Waals surface area (Å²) in [4.78, 5) is 23.9. The number of allylic oxidation sites excluding steroid dienone is 2. The molecule has 2 bridgehead atoms. The van der Waals surface area contributed by atoms with Crippen LogP contribution in [0.3, 0.4) is 0 Å². The van der Waals surface area contributed by atoms with Crippen LogP contribution in [0.2, 0.25) is 5.02 Å². The molecule has 0 radical (unpaired) electrons. The molecule has 1 saturated carbocycles. The third-order valence-corrected chi connectivity index (χ3v) is 5.47. The number of carboxylic acid groups (broad SMARTS) is 1. The third-order valence-electron chi connectivity index (χ3n) is 4.23. The first-order valence-electron chi connectivity index (χ1n) is 6.64. The molecule has 0 heterocycles. The lowest BCUT2D eigenvalue weighted by molar-refractivity contribution is -0.146. The van der Waals surface area contributed by atoms with Crippen LogP contribution in [-0.2, 0) is 9.59 Å². The molecular weight excluding hydrogens is 358 g/mol. The number of hydrogen-bond donors (Lipinski definition) is 2. The molecule has 0 unspecified atom stereocenters. The molecule has 0 aliphatic heterocycles. The van der Waals surface area contributed by atoms with Crippen molar-refractivity contribution >= 4 is 45.1 Å². The summed E-state index contributed by atoms with van der Waals surface area (Å²) < 4.78 is 0.744. The number of aliphatic carboxylic acids is 1. The van der Waals surface area contributed by atoms with E-state index in [4.69, 9.17) is 11.6 Å². The average molecular weight is 371 g/mol. The molecule has 1 amide bonds. The largest absolute Gasteiger partial charge is 0.481 e. The second kappa shape index (κ2) is 5.46. The van der Waals surface area contributed by atoms with Gasteiger partial charge in [-0.2, -0.15) is 0 Å². The lowest BCUT2D eigenvalue weighted by Gasteiger charge is -2.23. The Hall–Kier alpha value is -1.33. The Labute approximate surface area is 135 Å². The SMILES string of the molecule is O=C(O)[C@@H]1[C@H](C(=O)Nc2ccc(Br)c(Cl)c2)[C@H]2C=C[C@H]1C2. The van der Waals surface area contributed by atoms with E-state index in [2.05, 4.69) is 21.2 Å². The van der Waals surface area contributed by atoms with Crippen molar-refractivity contribution in [3.63, 3.8) is 0 Å². The highest BCUT2D eigenvalue weighted by Gasteiger charge is 2.51. The fourth-order valence-corrected chi connectivity index (χ4v) is 3.74. The summed E-state index contributed by atoms with van der Waals surface area (Å²) in [6.07, 6.45) is 4.63. The predicted octanol–water partition coefficient (Wildman–Crippen LogP) is 3.56. The highest BCUT2D eigenvalue weighted by molar-refractivity contribution is 9.10. The molecule has 0 saturated heterocycles. The molecule has 21 heavy (non-hydrogen) atoms. The normalized spacial score (nSPS) is 29.6. The van der Waals surface area contributed by atoms with Crippen molar-refractivity contribution in [3.8, 4) is 0 Å². The summed E-state index contributed by atoms with van der Waals surface area (Å²) in [6, 6.07) is 5.11. The number of carbonyl (C=O) groups excluding carboxylic acids is 1. The van der Waals surface area contributed by atoms with Crippen LogP contribution in [0.5, 0.6) is 0 Å². The number of carboxylic acids is 1. The first kappa shape index (κ1) is 14.6. The predicted molar refractivity (Wildman–Crippen MR) is 83.1 cm³/mol. The maximum absolute atomic E-state index is 12.5. The number of hydrogen-bond acceptors (Lipinski definition) is 2. The molecule has 1 aromatic carbocycles. The van der Waals surface area contributed by atoms with Crippen LogP contribution in [0.4, 0.5) is 5.69 Å². The molecule has 0 spiro atoms. The summed E-state index contributed by atoms with van der Waals surface area (Å²) >= 11 is 9.28. The van der Waals surface area contributed by atoms with E-state index in [0.717, 1.165) is 10.9 Å². The van der Waals surface area contributed by atoms with Gasteiger partial charge in [0.1, 0.15) is 0 Å². The van der Waals surface area contributed by atoms with E-state index in [9.17, 15) is 14.7 Å². The number of nitrogens with one attached hydrogen (secondary N) is 1. The Morgan fingerprint density at radius 1 is 1.24 bits per heavy atom. The van der Waals surface area contributed by atoms with Gasteiger partial charge in [-0.1, -0.05) is 23.8 Å². The number of benzene rings is 1. The number of carbonyl (C=O) groups is 2. The fraction of sp³-hybridized carbons (Fsp3) is 0.333. The van der Waals surface area contributed by atoms with E-state index in [1.165, 1.54) is 0 Å². The van der Waals surface area contributed by atoms with E-state index in [1.54, 1.807) is 18.2 Å². The minimum absolute atomic E-state index is 0.0158. The number of anilines is 1. The number of halogens is 2. The molecule has 3 rings (SSSR count). The van der Waals surface area contributed by atoms with Gasteiger partial charge >= 0.3 is 5.97 Å². The first-order chi connectivity index (χ1) is 9.97. The molecule has 110 valence electrons. The lowest BCUT2D eigenvalue weighted by atomic mass is 9.82. The van der Waals surface area contributed by atoms with Gasteiger partial charge in [-0.15, -0.1) is 0 Å². The topological polar surface area (TPSA) is 66.4 Å². The van der Waals surface area contributed by atoms with Crippen molar-refractivity contribution < 1.29 is 14.7 Å². The molecule has 1 aromatic rings. The molecular formula is C15H13BrClNO3. The standard InChI is InChI=1S/C15H13BrClNO3/c16-10-4-3-9(6-11(10)17)18-14(19)12-7-1-2-8(5-7)13(12)15(20)21/h1-4,6-8,12-13H,5H2,(H,18,19)(H,20,21)/t7-,8-,12+,13-/m0/s1. The van der Waals surface area contributed by atoms with E-state index in [0.29, 0.717) is 10.7 Å². The van der Waals surface area contributed by atoms with Crippen molar-refractivity contribution in [2.75, 3.05) is 5.32 Å². The summed E-state index contributed by atoms with van der Waals surface area (Å²) in [6.45, 7) is 0. The van der Waals surface area contributed by atoms with Crippen LogP contribution in [0, 0.1) is 23.7 Å². The molecule has 4 atom stereocenters. The summed E-state index contributed by atoms with van der Waals surface area (Å²) in [5.41, 5.74) is 0.573. The highest BCUT2D eigenvalue weighted by atomic mass is 79.9. The van der Waals surface area contributed by atoms with Gasteiger partial charge in [0.25, 0.3) is 0 Å². The minimum Gasteiger partial charge on any atom is -0.481 e. The van der Waals surface area contributed by atoms with Crippen molar-refractivity contribution in [1.82, 2.24) is 0 Å². The number of amides is 1. The number of fused-ring (bicyclic) bond motifs is 2. The fourth-order valence-electron chi connectivity index (χ4n) is 3.32. The second-order valence-corrected chi connectivity index (χ2v) is 6.72. The van der Waals surface area contributed by atoms with Gasteiger partial charge in [-0.05, 0) is 52.4 Å². The van der Waals surface area contributed by atoms with Crippen LogP contribution >= 0.6 is 27.5 Å². The van der Waals surface area contributed by atoms with E-state index < -0.39 is 17.8 Å². The Bertz CT molecular complexity index is 646. The summed E-state index contributed by atoms with van der Waals surface area (Å²) in [7, 11) is 0. The molecule has 4 nitrogen and oxygen atoms in total. The molecule has 2 N–H and O–H groups in total. The number of rotatable bonds is 3. The molecule has 2 aliphatic rings. The maximum Gasteiger partial charge on any atom is 0.307 e. The Balaban J connectivity index is 1.80. The van der Waals surface area contributed by atoms with Crippen molar-refractivity contribution in [2.45, 2.75) is 6.42 Å². The van der Waals surface area contributed by atoms with Crippen molar-refractivity contribution in [1.29, 1.82) is 0 Å². The van der Waals surface area contributed by atoms with E-state index >= 15 is 0 Å². The van der Waals surface area contributed by atoms with Gasteiger partial charge in [0.05, 0.1) is 16.9 Å². The van der Waals surface area contributed by atoms with Crippen molar-refractivity contribution in [3.05, 3.63) is 39.8 Å². The summed E-state index contributed by atoms with van der Waals surface area (Å²) in [5, 5.41) is 12.6. The summed E-state index contributed by atoms with van der Waals surface area (Å²) in [5.74, 6) is -2.32. The lowest BCUT2D eigenvalue weighted by Crippen LogP contribution is -2.36.